The maximum atomic E-state index is 12.4. The minimum absolute atomic E-state index is 0.156. The smallest absolute Gasteiger partial charge is 0.482 e. The van der Waals surface area contributed by atoms with Gasteiger partial charge >= 0.3 is 12.3 Å². The zero-order valence-electron chi connectivity index (χ0n) is 18.2. The van der Waals surface area contributed by atoms with Gasteiger partial charge in [0, 0.05) is 22.4 Å². The van der Waals surface area contributed by atoms with Crippen molar-refractivity contribution < 1.29 is 32.5 Å². The van der Waals surface area contributed by atoms with E-state index < -0.39 is 18.9 Å². The van der Waals surface area contributed by atoms with Gasteiger partial charge < -0.3 is 14.6 Å². The van der Waals surface area contributed by atoms with Crippen molar-refractivity contribution in [2.45, 2.75) is 43.7 Å². The Hall–Kier alpha value is -3.14. The molecule has 1 heterocycles. The second-order valence-electron chi connectivity index (χ2n) is 7.58. The Labute approximate surface area is 193 Å². The average Bonchev–Trinajstić information content (AvgIpc) is 3.15. The molecule has 0 aliphatic carbocycles. The van der Waals surface area contributed by atoms with Crippen LogP contribution >= 0.6 is 11.8 Å². The highest BCUT2D eigenvalue weighted by Gasteiger charge is 2.31. The molecule has 0 amide bonds. The van der Waals surface area contributed by atoms with E-state index in [-0.39, 0.29) is 11.7 Å². The summed E-state index contributed by atoms with van der Waals surface area (Å²) in [5, 5.41) is 13.4. The van der Waals surface area contributed by atoms with Crippen LogP contribution in [0.2, 0.25) is 0 Å². The minimum Gasteiger partial charge on any atom is -0.482 e. The molecule has 0 spiro atoms. The van der Waals surface area contributed by atoms with Crippen LogP contribution < -0.4 is 9.47 Å². The van der Waals surface area contributed by atoms with Crippen LogP contribution in [0.25, 0.3) is 5.69 Å². The number of nitrogens with zero attached hydrogens (tertiary/aromatic N) is 2. The Morgan fingerprint density at radius 3 is 2.45 bits per heavy atom. The number of rotatable bonds is 9. The first kappa shape index (κ1) is 24.5. The molecule has 10 heteroatoms. The van der Waals surface area contributed by atoms with Gasteiger partial charge in [0.05, 0.1) is 11.4 Å². The van der Waals surface area contributed by atoms with E-state index in [0.29, 0.717) is 17.2 Å². The fraction of sp³-hybridized carbons (Fsp3) is 0.304. The third-order valence-corrected chi connectivity index (χ3v) is 5.64. The van der Waals surface area contributed by atoms with E-state index in [0.717, 1.165) is 21.7 Å². The summed E-state index contributed by atoms with van der Waals surface area (Å²) in [5.41, 5.74) is 3.37. The zero-order valence-corrected chi connectivity index (χ0v) is 19.0. The predicted octanol–water partition coefficient (Wildman–Crippen LogP) is 5.96. The number of hydrogen-bond donors (Lipinski definition) is 1. The van der Waals surface area contributed by atoms with Crippen molar-refractivity contribution in [3.63, 3.8) is 0 Å². The molecule has 0 bridgehead atoms. The van der Waals surface area contributed by atoms with E-state index in [4.69, 9.17) is 9.84 Å². The van der Waals surface area contributed by atoms with Gasteiger partial charge in [-0.1, -0.05) is 13.8 Å². The molecule has 3 rings (SSSR count). The Morgan fingerprint density at radius 1 is 1.18 bits per heavy atom. The summed E-state index contributed by atoms with van der Waals surface area (Å²) in [6.45, 7) is 5.51. The molecule has 176 valence electrons. The van der Waals surface area contributed by atoms with Crippen molar-refractivity contribution in [2.24, 2.45) is 0 Å². The van der Waals surface area contributed by atoms with Gasteiger partial charge in [0.15, 0.2) is 6.61 Å². The van der Waals surface area contributed by atoms with Gasteiger partial charge in [-0.2, -0.15) is 5.10 Å². The first-order chi connectivity index (χ1) is 15.5. The van der Waals surface area contributed by atoms with Gasteiger partial charge in [-0.3, -0.25) is 0 Å². The third kappa shape index (κ3) is 6.92. The van der Waals surface area contributed by atoms with Crippen molar-refractivity contribution in [1.82, 2.24) is 9.78 Å². The van der Waals surface area contributed by atoms with Crippen molar-refractivity contribution in [2.75, 3.05) is 6.61 Å². The summed E-state index contributed by atoms with van der Waals surface area (Å²) in [6.07, 6.45) is -2.86. The van der Waals surface area contributed by atoms with Crippen LogP contribution in [0.3, 0.4) is 0 Å². The number of carboxylic acids is 1. The van der Waals surface area contributed by atoms with Crippen LogP contribution in [-0.2, 0) is 10.5 Å². The van der Waals surface area contributed by atoms with Crippen LogP contribution in [0.4, 0.5) is 13.2 Å². The van der Waals surface area contributed by atoms with Crippen LogP contribution in [0.5, 0.6) is 11.5 Å². The molecule has 33 heavy (non-hydrogen) atoms. The number of thioether (sulfide) groups is 1. The lowest BCUT2D eigenvalue weighted by Crippen LogP contribution is -2.17. The normalized spacial score (nSPS) is 11.6. The number of aryl methyl sites for hydroxylation is 1. The number of alkyl halides is 3. The van der Waals surface area contributed by atoms with E-state index in [2.05, 4.69) is 9.84 Å². The number of hydrogen-bond acceptors (Lipinski definition) is 5. The lowest BCUT2D eigenvalue weighted by atomic mass is 10.1. The lowest BCUT2D eigenvalue weighted by Gasteiger charge is -2.09. The van der Waals surface area contributed by atoms with Crippen LogP contribution in [0, 0.1) is 6.92 Å². The molecular weight excluding hydrogens is 457 g/mol. The van der Waals surface area contributed by atoms with Gasteiger partial charge in [0.25, 0.3) is 0 Å². The number of benzene rings is 2. The zero-order chi connectivity index (χ0) is 24.2. The largest absolute Gasteiger partial charge is 0.573 e. The van der Waals surface area contributed by atoms with E-state index in [1.54, 1.807) is 22.5 Å². The third-order valence-electron chi connectivity index (χ3n) is 4.60. The van der Waals surface area contributed by atoms with E-state index in [1.807, 2.05) is 39.1 Å². The standard InChI is InChI=1S/C23H23F3N2O4S/c1-14(2)22-16(13-33-19-8-9-20(15(3)10-19)31-12-21(29)30)11-28(27-22)17-4-6-18(7-5-17)32-23(24,25)26/h4-11,14H,12-13H2,1-3H3,(H,29,30). The SMILES string of the molecule is Cc1cc(SCc2cn(-c3ccc(OC(F)(F)F)cc3)nc2C(C)C)ccc1OCC(=O)O. The molecule has 1 N–H and O–H groups in total. The van der Waals surface area contributed by atoms with Gasteiger partial charge in [-0.15, -0.1) is 24.9 Å². The van der Waals surface area contributed by atoms with Gasteiger partial charge in [-0.05, 0) is 60.9 Å². The quantitative estimate of drug-likeness (QED) is 0.381. The molecule has 0 fully saturated rings. The van der Waals surface area contributed by atoms with Gasteiger partial charge in [0.1, 0.15) is 11.5 Å². The molecule has 0 radical (unpaired) electrons. The van der Waals surface area contributed by atoms with Crippen molar-refractivity contribution in [3.05, 3.63) is 65.5 Å². The fourth-order valence-electron chi connectivity index (χ4n) is 3.13. The average molecular weight is 481 g/mol. The Bertz CT molecular complexity index is 1110. The van der Waals surface area contributed by atoms with Crippen molar-refractivity contribution in [3.8, 4) is 17.2 Å². The number of aromatic nitrogens is 2. The molecule has 0 aliphatic rings. The summed E-state index contributed by atoms with van der Waals surface area (Å²) in [5.74, 6) is -0.00556. The molecule has 2 aromatic carbocycles. The molecule has 0 atom stereocenters. The molecule has 0 unspecified atom stereocenters. The first-order valence-electron chi connectivity index (χ1n) is 10.0. The van der Waals surface area contributed by atoms with Gasteiger partial charge in [-0.25, -0.2) is 9.48 Å². The first-order valence-corrected chi connectivity index (χ1v) is 11.0. The Morgan fingerprint density at radius 2 is 1.88 bits per heavy atom. The van der Waals surface area contributed by atoms with Crippen molar-refractivity contribution >= 4 is 17.7 Å². The molecule has 3 aromatic rings. The molecular formula is C23H23F3N2O4S. The highest BCUT2D eigenvalue weighted by Crippen LogP contribution is 2.31. The van der Waals surface area contributed by atoms with E-state index in [9.17, 15) is 18.0 Å². The highest BCUT2D eigenvalue weighted by molar-refractivity contribution is 7.98. The number of carboxylic acid groups (broad SMARTS) is 1. The minimum atomic E-state index is -4.73. The second-order valence-corrected chi connectivity index (χ2v) is 8.63. The second kappa shape index (κ2) is 10.2. The Kier molecular flexibility index (Phi) is 7.57. The molecule has 0 aliphatic heterocycles. The van der Waals surface area contributed by atoms with Crippen LogP contribution in [0.1, 0.15) is 36.6 Å². The van der Waals surface area contributed by atoms with Crippen molar-refractivity contribution in [1.29, 1.82) is 0 Å². The number of halogens is 3. The number of aliphatic carboxylic acids is 1. The molecule has 0 saturated carbocycles. The number of ether oxygens (including phenoxy) is 2. The molecule has 1 aromatic heterocycles. The molecule has 6 nitrogen and oxygen atoms in total. The summed E-state index contributed by atoms with van der Waals surface area (Å²) < 4.78 is 48.0. The predicted molar refractivity (Wildman–Crippen MR) is 118 cm³/mol. The maximum Gasteiger partial charge on any atom is 0.573 e. The summed E-state index contributed by atoms with van der Waals surface area (Å²) in [4.78, 5) is 11.7. The van der Waals surface area contributed by atoms with Crippen LogP contribution in [-0.4, -0.2) is 33.8 Å². The topological polar surface area (TPSA) is 73.6 Å². The van der Waals surface area contributed by atoms with Crippen LogP contribution in [0.15, 0.2) is 53.6 Å². The monoisotopic (exact) mass is 480 g/mol. The fourth-order valence-corrected chi connectivity index (χ4v) is 4.10. The van der Waals surface area contributed by atoms with E-state index >= 15 is 0 Å². The summed E-state index contributed by atoms with van der Waals surface area (Å²) >= 11 is 1.60. The number of carbonyl (C=O) groups is 1. The summed E-state index contributed by atoms with van der Waals surface area (Å²) in [6, 6.07) is 11.1. The molecule has 0 saturated heterocycles. The lowest BCUT2D eigenvalue weighted by molar-refractivity contribution is -0.274. The Balaban J connectivity index is 1.74. The van der Waals surface area contributed by atoms with E-state index in [1.165, 1.54) is 24.3 Å². The maximum absolute atomic E-state index is 12.4. The van der Waals surface area contributed by atoms with Gasteiger partial charge in [0.2, 0.25) is 0 Å². The highest BCUT2D eigenvalue weighted by atomic mass is 32.2. The summed E-state index contributed by atoms with van der Waals surface area (Å²) in [7, 11) is 0.